The molecule has 3 nitrogen and oxygen atoms in total. The fourth-order valence-electron chi connectivity index (χ4n) is 3.18. The van der Waals surface area contributed by atoms with Gasteiger partial charge in [-0.3, -0.25) is 4.79 Å². The summed E-state index contributed by atoms with van der Waals surface area (Å²) in [6.45, 7) is 4.19. The molecule has 26 heavy (non-hydrogen) atoms. The molecule has 1 saturated heterocycles. The molecule has 1 fully saturated rings. The zero-order chi connectivity index (χ0) is 19.3. The molecule has 1 aliphatic heterocycles. The fourth-order valence-corrected chi connectivity index (χ4v) is 3.18. The van der Waals surface area contributed by atoms with Crippen LogP contribution in [0.1, 0.15) is 61.9 Å². The predicted octanol–water partition coefficient (Wildman–Crippen LogP) is 5.41. The molecule has 2 atom stereocenters. The normalized spacial score (nSPS) is 20.8. The Hall–Kier alpha value is -1.63. The van der Waals surface area contributed by atoms with Crippen molar-refractivity contribution in [2.45, 2.75) is 58.2 Å². The Kier molecular flexibility index (Phi) is 7.03. The quantitative estimate of drug-likeness (QED) is 0.471. The van der Waals surface area contributed by atoms with Crippen LogP contribution in [-0.4, -0.2) is 25.1 Å². The van der Waals surface area contributed by atoms with Gasteiger partial charge in [-0.15, -0.1) is 0 Å². The molecule has 0 aromatic heterocycles. The first-order valence-corrected chi connectivity index (χ1v) is 8.91. The zero-order valence-electron chi connectivity index (χ0n) is 15.0. The van der Waals surface area contributed by atoms with Crippen LogP contribution in [0.25, 0.3) is 0 Å². The van der Waals surface area contributed by atoms with Gasteiger partial charge in [-0.2, -0.15) is 13.2 Å². The number of carbonyl (C=O) groups excluding carboxylic acids is 1. The third-order valence-electron chi connectivity index (χ3n) is 4.60. The lowest BCUT2D eigenvalue weighted by Gasteiger charge is -2.26. The minimum absolute atomic E-state index is 0.0313. The second kappa shape index (κ2) is 8.84. The van der Waals surface area contributed by atoms with E-state index in [1.54, 1.807) is 6.92 Å². The largest absolute Gasteiger partial charge is 0.491 e. The first-order valence-electron chi connectivity index (χ1n) is 8.91. The number of alkyl halides is 3. The fraction of sp³-hybridized carbons (Fsp3) is 0.632. The third-order valence-corrected chi connectivity index (χ3v) is 4.60. The van der Waals surface area contributed by atoms with Crippen LogP contribution in [0.15, 0.2) is 12.1 Å². The van der Waals surface area contributed by atoms with E-state index in [4.69, 9.17) is 9.47 Å². The average Bonchev–Trinajstić information content (AvgIpc) is 2.57. The first kappa shape index (κ1) is 20.7. The van der Waals surface area contributed by atoms with Crippen molar-refractivity contribution in [3.05, 3.63) is 29.1 Å². The van der Waals surface area contributed by atoms with Gasteiger partial charge in [-0.25, -0.2) is 4.39 Å². The number of ketones is 1. The minimum Gasteiger partial charge on any atom is -0.491 e. The number of hydrogen-bond acceptors (Lipinski definition) is 3. The first-order chi connectivity index (χ1) is 12.2. The molecule has 1 heterocycles. The lowest BCUT2D eigenvalue weighted by atomic mass is 9.92. The summed E-state index contributed by atoms with van der Waals surface area (Å²) < 4.78 is 64.5. The number of Topliss-reactive ketones (excluding diaryl/α,β-unsaturated/α-hetero) is 1. The van der Waals surface area contributed by atoms with Gasteiger partial charge in [0.2, 0.25) is 0 Å². The standard InChI is InChI=1S/C19H24F4O3/c1-3-25-16-10-9-14(17(18(16)20)19(21,22)23)15(24)6-4-5-13-8-7-12(2)26-11-13/h9-10,12-13H,3-8,11H2,1-2H3. The SMILES string of the molecule is CCOc1ccc(C(=O)CCCC2CCC(C)OC2)c(C(F)(F)F)c1F. The highest BCUT2D eigenvalue weighted by atomic mass is 19.4. The van der Waals surface area contributed by atoms with Crippen LogP contribution in [0.4, 0.5) is 17.6 Å². The Morgan fingerprint density at radius 1 is 1.31 bits per heavy atom. The maximum Gasteiger partial charge on any atom is 0.420 e. The van der Waals surface area contributed by atoms with Gasteiger partial charge in [0.05, 0.1) is 12.7 Å². The Bertz CT molecular complexity index is 620. The van der Waals surface area contributed by atoms with Crippen LogP contribution in [0.2, 0.25) is 0 Å². The molecule has 2 unspecified atom stereocenters. The van der Waals surface area contributed by atoms with Crippen LogP contribution in [-0.2, 0) is 10.9 Å². The van der Waals surface area contributed by atoms with Gasteiger partial charge in [-0.1, -0.05) is 0 Å². The highest BCUT2D eigenvalue weighted by Gasteiger charge is 2.40. The van der Waals surface area contributed by atoms with Gasteiger partial charge in [0.1, 0.15) is 5.56 Å². The molecule has 146 valence electrons. The summed E-state index contributed by atoms with van der Waals surface area (Å²) in [4.78, 5) is 12.3. The molecular formula is C19H24F4O3. The van der Waals surface area contributed by atoms with E-state index in [0.29, 0.717) is 25.4 Å². The molecule has 0 bridgehead atoms. The molecule has 0 radical (unpaired) electrons. The van der Waals surface area contributed by atoms with Gasteiger partial charge in [0.15, 0.2) is 17.3 Å². The Morgan fingerprint density at radius 2 is 2.04 bits per heavy atom. The Balaban J connectivity index is 2.06. The van der Waals surface area contributed by atoms with Gasteiger partial charge >= 0.3 is 6.18 Å². The number of rotatable bonds is 7. The van der Waals surface area contributed by atoms with E-state index < -0.39 is 34.7 Å². The van der Waals surface area contributed by atoms with E-state index in [1.165, 1.54) is 0 Å². The molecule has 1 aromatic rings. The summed E-state index contributed by atoms with van der Waals surface area (Å²) in [5, 5.41) is 0. The summed E-state index contributed by atoms with van der Waals surface area (Å²) in [5.74, 6) is -2.41. The van der Waals surface area contributed by atoms with Gasteiger partial charge in [0.25, 0.3) is 0 Å². The van der Waals surface area contributed by atoms with Crippen molar-refractivity contribution in [1.29, 1.82) is 0 Å². The number of carbonyl (C=O) groups is 1. The number of benzene rings is 1. The van der Waals surface area contributed by atoms with Crippen molar-refractivity contribution in [3.8, 4) is 5.75 Å². The highest BCUT2D eigenvalue weighted by Crippen LogP contribution is 2.38. The van der Waals surface area contributed by atoms with E-state index in [0.717, 1.165) is 25.0 Å². The van der Waals surface area contributed by atoms with Crippen molar-refractivity contribution in [3.63, 3.8) is 0 Å². The van der Waals surface area contributed by atoms with E-state index in [2.05, 4.69) is 0 Å². The monoisotopic (exact) mass is 376 g/mol. The maximum atomic E-state index is 14.2. The molecule has 0 spiro atoms. The second-order valence-corrected chi connectivity index (χ2v) is 6.63. The number of hydrogen-bond donors (Lipinski definition) is 0. The molecular weight excluding hydrogens is 352 g/mol. The van der Waals surface area contributed by atoms with Crippen LogP contribution >= 0.6 is 0 Å². The van der Waals surface area contributed by atoms with Crippen LogP contribution in [0.5, 0.6) is 5.75 Å². The summed E-state index contributed by atoms with van der Waals surface area (Å²) >= 11 is 0. The van der Waals surface area contributed by atoms with Gasteiger partial charge in [-0.05, 0) is 57.6 Å². The lowest BCUT2D eigenvalue weighted by molar-refractivity contribution is -0.140. The molecule has 1 aliphatic rings. The Morgan fingerprint density at radius 3 is 2.62 bits per heavy atom. The molecule has 2 rings (SSSR count). The minimum atomic E-state index is -4.96. The van der Waals surface area contributed by atoms with Crippen molar-refractivity contribution < 1.29 is 31.8 Å². The summed E-state index contributed by atoms with van der Waals surface area (Å²) in [6.07, 6.45) is -1.69. The van der Waals surface area contributed by atoms with Gasteiger partial charge < -0.3 is 9.47 Å². The highest BCUT2D eigenvalue weighted by molar-refractivity contribution is 5.97. The average molecular weight is 376 g/mol. The van der Waals surface area contributed by atoms with Crippen molar-refractivity contribution in [2.75, 3.05) is 13.2 Å². The molecule has 0 aliphatic carbocycles. The molecule has 0 amide bonds. The molecule has 1 aromatic carbocycles. The molecule has 0 N–H and O–H groups in total. The maximum absolute atomic E-state index is 14.2. The predicted molar refractivity (Wildman–Crippen MR) is 88.9 cm³/mol. The van der Waals surface area contributed by atoms with Crippen LogP contribution in [0, 0.1) is 11.7 Å². The Labute approximate surface area is 150 Å². The van der Waals surface area contributed by atoms with Crippen LogP contribution < -0.4 is 4.74 Å². The van der Waals surface area contributed by atoms with Crippen molar-refractivity contribution in [2.24, 2.45) is 5.92 Å². The summed E-state index contributed by atoms with van der Waals surface area (Å²) in [7, 11) is 0. The van der Waals surface area contributed by atoms with E-state index in [-0.39, 0.29) is 19.1 Å². The third kappa shape index (κ3) is 5.19. The van der Waals surface area contributed by atoms with Gasteiger partial charge in [0, 0.05) is 18.6 Å². The lowest BCUT2D eigenvalue weighted by Crippen LogP contribution is -2.23. The summed E-state index contributed by atoms with van der Waals surface area (Å²) in [6, 6.07) is 2.09. The molecule has 0 saturated carbocycles. The number of halogens is 4. The zero-order valence-corrected chi connectivity index (χ0v) is 15.0. The van der Waals surface area contributed by atoms with Crippen LogP contribution in [0.3, 0.4) is 0 Å². The van der Waals surface area contributed by atoms with E-state index >= 15 is 0 Å². The smallest absolute Gasteiger partial charge is 0.420 e. The van der Waals surface area contributed by atoms with E-state index in [1.807, 2.05) is 6.92 Å². The summed E-state index contributed by atoms with van der Waals surface area (Å²) in [5.41, 5.74) is -2.17. The number of ether oxygens (including phenoxy) is 2. The van der Waals surface area contributed by atoms with Crippen molar-refractivity contribution in [1.82, 2.24) is 0 Å². The molecule has 7 heteroatoms. The topological polar surface area (TPSA) is 35.5 Å². The van der Waals surface area contributed by atoms with E-state index in [9.17, 15) is 22.4 Å². The van der Waals surface area contributed by atoms with Crippen molar-refractivity contribution >= 4 is 5.78 Å². The second-order valence-electron chi connectivity index (χ2n) is 6.63.